The average Bonchev–Trinajstić information content (AvgIpc) is 2.87. The Morgan fingerprint density at radius 1 is 1.30 bits per heavy atom. The number of nitrogens with two attached hydrogens (primary N) is 1. The number of anilines is 1. The number of nitrogen functional groups attached to an aromatic ring is 1. The van der Waals surface area contributed by atoms with Crippen molar-refractivity contribution < 1.29 is 18.4 Å². The van der Waals surface area contributed by atoms with Crippen LogP contribution in [-0.4, -0.2) is 37.1 Å². The number of hydrogen-bond acceptors (Lipinski definition) is 6. The Bertz CT molecular complexity index is 539. The summed E-state index contributed by atoms with van der Waals surface area (Å²) in [5.74, 6) is 0.0316. The lowest BCUT2D eigenvalue weighted by Gasteiger charge is -2.01. The van der Waals surface area contributed by atoms with Gasteiger partial charge >= 0.3 is 0 Å². The number of hydrogen-bond donors (Lipinski definition) is 1. The predicted molar refractivity (Wildman–Crippen MR) is 70.5 cm³/mol. The molecule has 1 aromatic carbocycles. The monoisotopic (exact) mass is 281 g/mol. The molecule has 6 nitrogen and oxygen atoms in total. The number of aromatic nitrogens is 2. The van der Waals surface area contributed by atoms with Gasteiger partial charge in [-0.3, -0.25) is 0 Å². The average molecular weight is 281 g/mol. The Balaban J connectivity index is 1.98. The van der Waals surface area contributed by atoms with Crippen molar-refractivity contribution in [3.05, 3.63) is 29.8 Å². The van der Waals surface area contributed by atoms with Gasteiger partial charge in [0.05, 0.1) is 25.4 Å². The Morgan fingerprint density at radius 3 is 2.90 bits per heavy atom. The van der Waals surface area contributed by atoms with Gasteiger partial charge in [-0.05, 0) is 12.1 Å². The topological polar surface area (TPSA) is 83.4 Å². The maximum atomic E-state index is 13.7. The summed E-state index contributed by atoms with van der Waals surface area (Å²) in [6.45, 7) is 1.47. The minimum atomic E-state index is -0.489. The molecule has 0 fully saturated rings. The first-order valence-electron chi connectivity index (χ1n) is 6.16. The van der Waals surface area contributed by atoms with E-state index in [0.717, 1.165) is 0 Å². The summed E-state index contributed by atoms with van der Waals surface area (Å²) in [5, 5.41) is 3.77. The maximum absolute atomic E-state index is 13.7. The van der Waals surface area contributed by atoms with Crippen molar-refractivity contribution in [1.29, 1.82) is 0 Å². The zero-order valence-corrected chi connectivity index (χ0v) is 11.1. The lowest BCUT2D eigenvalue weighted by Crippen LogP contribution is -2.05. The molecule has 0 aliphatic carbocycles. The van der Waals surface area contributed by atoms with Crippen LogP contribution in [0.4, 0.5) is 10.1 Å². The van der Waals surface area contributed by atoms with Crippen molar-refractivity contribution in [2.75, 3.05) is 32.7 Å². The fourth-order valence-electron chi connectivity index (χ4n) is 1.63. The van der Waals surface area contributed by atoms with Gasteiger partial charge in [0, 0.05) is 19.2 Å². The van der Waals surface area contributed by atoms with Crippen molar-refractivity contribution in [3.8, 4) is 11.5 Å². The third-order valence-electron chi connectivity index (χ3n) is 2.63. The SMILES string of the molecule is COCCOCCc1noc(-c2c(N)cccc2F)n1. The van der Waals surface area contributed by atoms with Crippen LogP contribution in [0, 0.1) is 5.82 Å². The van der Waals surface area contributed by atoms with Gasteiger partial charge in [0.2, 0.25) is 0 Å². The highest BCUT2D eigenvalue weighted by molar-refractivity contribution is 5.70. The van der Waals surface area contributed by atoms with E-state index in [0.29, 0.717) is 32.1 Å². The minimum Gasteiger partial charge on any atom is -0.398 e. The molecule has 0 amide bonds. The van der Waals surface area contributed by atoms with Crippen molar-refractivity contribution in [1.82, 2.24) is 10.1 Å². The highest BCUT2D eigenvalue weighted by Gasteiger charge is 2.16. The van der Waals surface area contributed by atoms with Crippen molar-refractivity contribution in [2.45, 2.75) is 6.42 Å². The summed E-state index contributed by atoms with van der Waals surface area (Å²) in [6.07, 6.45) is 0.474. The molecule has 7 heteroatoms. The van der Waals surface area contributed by atoms with Gasteiger partial charge in [-0.2, -0.15) is 4.98 Å². The van der Waals surface area contributed by atoms with E-state index in [1.165, 1.54) is 12.1 Å². The number of rotatable bonds is 7. The van der Waals surface area contributed by atoms with E-state index in [4.69, 9.17) is 19.7 Å². The fraction of sp³-hybridized carbons (Fsp3) is 0.385. The summed E-state index contributed by atoms with van der Waals surface area (Å²) in [4.78, 5) is 4.11. The Morgan fingerprint density at radius 2 is 2.15 bits per heavy atom. The van der Waals surface area contributed by atoms with E-state index < -0.39 is 5.82 Å². The van der Waals surface area contributed by atoms with Crippen LogP contribution in [0.1, 0.15) is 5.82 Å². The maximum Gasteiger partial charge on any atom is 0.263 e. The van der Waals surface area contributed by atoms with Gasteiger partial charge in [-0.25, -0.2) is 4.39 Å². The zero-order valence-electron chi connectivity index (χ0n) is 11.1. The first kappa shape index (κ1) is 14.4. The van der Waals surface area contributed by atoms with E-state index in [9.17, 15) is 4.39 Å². The molecule has 1 aromatic heterocycles. The fourth-order valence-corrected chi connectivity index (χ4v) is 1.63. The van der Waals surface area contributed by atoms with Gasteiger partial charge in [-0.1, -0.05) is 11.2 Å². The minimum absolute atomic E-state index is 0.0764. The second kappa shape index (κ2) is 6.97. The number of nitrogens with zero attached hydrogens (tertiary/aromatic N) is 2. The summed E-state index contributed by atoms with van der Waals surface area (Å²) in [6, 6.07) is 4.40. The van der Waals surface area contributed by atoms with E-state index in [1.807, 2.05) is 0 Å². The van der Waals surface area contributed by atoms with Gasteiger partial charge in [-0.15, -0.1) is 0 Å². The Hall–Kier alpha value is -1.99. The number of halogens is 1. The molecule has 2 N–H and O–H groups in total. The third kappa shape index (κ3) is 3.52. The van der Waals surface area contributed by atoms with E-state index in [2.05, 4.69) is 10.1 Å². The molecule has 108 valence electrons. The number of methoxy groups -OCH3 is 1. The largest absolute Gasteiger partial charge is 0.398 e. The van der Waals surface area contributed by atoms with Crippen molar-refractivity contribution >= 4 is 5.69 Å². The van der Waals surface area contributed by atoms with Crippen LogP contribution in [0.25, 0.3) is 11.5 Å². The first-order valence-corrected chi connectivity index (χ1v) is 6.16. The molecular formula is C13H16FN3O3. The lowest BCUT2D eigenvalue weighted by molar-refractivity contribution is 0.0714. The molecule has 20 heavy (non-hydrogen) atoms. The van der Waals surface area contributed by atoms with Crippen LogP contribution in [-0.2, 0) is 15.9 Å². The second-order valence-corrected chi connectivity index (χ2v) is 4.07. The standard InChI is InChI=1S/C13H16FN3O3/c1-18-7-8-19-6-5-11-16-13(20-17-11)12-9(14)3-2-4-10(12)15/h2-4H,5-8,15H2,1H3. The summed E-state index contributed by atoms with van der Waals surface area (Å²) < 4.78 is 28.9. The molecule has 0 atom stereocenters. The van der Waals surface area contributed by atoms with E-state index in [1.54, 1.807) is 13.2 Å². The molecule has 2 rings (SSSR count). The van der Waals surface area contributed by atoms with Gasteiger partial charge in [0.1, 0.15) is 5.82 Å². The van der Waals surface area contributed by atoms with E-state index in [-0.39, 0.29) is 17.1 Å². The van der Waals surface area contributed by atoms with Crippen molar-refractivity contribution in [3.63, 3.8) is 0 Å². The van der Waals surface area contributed by atoms with Gasteiger partial charge in [0.15, 0.2) is 5.82 Å². The van der Waals surface area contributed by atoms with Crippen LogP contribution in [0.3, 0.4) is 0 Å². The molecule has 0 bridgehead atoms. The number of benzene rings is 1. The lowest BCUT2D eigenvalue weighted by atomic mass is 10.1. The molecule has 0 aliphatic heterocycles. The normalized spacial score (nSPS) is 10.9. The second-order valence-electron chi connectivity index (χ2n) is 4.07. The van der Waals surface area contributed by atoms with Gasteiger partial charge < -0.3 is 19.7 Å². The molecule has 2 aromatic rings. The molecule has 0 saturated heterocycles. The molecule has 0 saturated carbocycles. The van der Waals surface area contributed by atoms with Crippen LogP contribution >= 0.6 is 0 Å². The molecule has 0 aliphatic rings. The summed E-state index contributed by atoms with van der Waals surface area (Å²) >= 11 is 0. The molecule has 0 spiro atoms. The summed E-state index contributed by atoms with van der Waals surface area (Å²) in [7, 11) is 1.60. The molecule has 0 unspecified atom stereocenters. The van der Waals surface area contributed by atoms with Crippen LogP contribution in [0.5, 0.6) is 0 Å². The van der Waals surface area contributed by atoms with Crippen LogP contribution in [0.15, 0.2) is 22.7 Å². The Labute approximate surface area is 115 Å². The Kier molecular flexibility index (Phi) is 5.03. The molecular weight excluding hydrogens is 265 g/mol. The number of ether oxygens (including phenoxy) is 2. The zero-order chi connectivity index (χ0) is 14.4. The summed E-state index contributed by atoms with van der Waals surface area (Å²) in [5.41, 5.74) is 6.10. The highest BCUT2D eigenvalue weighted by Crippen LogP contribution is 2.27. The van der Waals surface area contributed by atoms with Crippen molar-refractivity contribution in [2.24, 2.45) is 0 Å². The molecule has 1 heterocycles. The van der Waals surface area contributed by atoms with Crippen LogP contribution < -0.4 is 5.73 Å². The third-order valence-corrected chi connectivity index (χ3v) is 2.63. The quantitative estimate of drug-likeness (QED) is 0.614. The molecule has 0 radical (unpaired) electrons. The smallest absolute Gasteiger partial charge is 0.263 e. The first-order chi connectivity index (χ1) is 9.72. The van der Waals surface area contributed by atoms with Crippen LogP contribution in [0.2, 0.25) is 0 Å². The van der Waals surface area contributed by atoms with Gasteiger partial charge in [0.25, 0.3) is 5.89 Å². The van der Waals surface area contributed by atoms with E-state index >= 15 is 0 Å². The highest BCUT2D eigenvalue weighted by atomic mass is 19.1. The predicted octanol–water partition coefficient (Wildman–Crippen LogP) is 1.66.